The lowest BCUT2D eigenvalue weighted by Gasteiger charge is -2.26. The number of amides is 2. The lowest BCUT2D eigenvalue weighted by Crippen LogP contribution is -2.36. The Balaban J connectivity index is 1.96. The number of carbonyl (C=O) groups excluding carboxylic acids is 2. The summed E-state index contributed by atoms with van der Waals surface area (Å²) in [5.74, 6) is -0.0505. The minimum absolute atomic E-state index is 0.00942. The Morgan fingerprint density at radius 1 is 1.05 bits per heavy atom. The van der Waals surface area contributed by atoms with E-state index in [2.05, 4.69) is 11.4 Å². The van der Waals surface area contributed by atoms with E-state index in [-0.39, 0.29) is 18.4 Å². The summed E-state index contributed by atoms with van der Waals surface area (Å²) in [5.41, 5.74) is 3.68. The molecular weight excluding hydrogens is 240 g/mol. The molecule has 1 heterocycles. The second kappa shape index (κ2) is 5.03. The summed E-state index contributed by atoms with van der Waals surface area (Å²) < 4.78 is 0. The molecule has 0 radical (unpaired) electrons. The Labute approximate surface area is 112 Å². The number of benzene rings is 1. The van der Waals surface area contributed by atoms with Crippen LogP contribution in [0.4, 0.5) is 5.69 Å². The van der Waals surface area contributed by atoms with Gasteiger partial charge in [-0.2, -0.15) is 0 Å². The third-order valence-corrected chi connectivity index (χ3v) is 3.96. The molecule has 1 fully saturated rings. The summed E-state index contributed by atoms with van der Waals surface area (Å²) in [6.07, 6.45) is 4.93. The van der Waals surface area contributed by atoms with Gasteiger partial charge < -0.3 is 10.2 Å². The molecular formula is C15H18N2O2. The quantitative estimate of drug-likeness (QED) is 0.828. The van der Waals surface area contributed by atoms with E-state index in [1.807, 2.05) is 12.1 Å². The number of nitrogens with one attached hydrogen (secondary N) is 1. The minimum atomic E-state index is -0.0411. The van der Waals surface area contributed by atoms with Crippen LogP contribution in [0.15, 0.2) is 18.2 Å². The van der Waals surface area contributed by atoms with Gasteiger partial charge in [0.2, 0.25) is 11.8 Å². The van der Waals surface area contributed by atoms with Crippen molar-refractivity contribution in [1.29, 1.82) is 0 Å². The second-order valence-electron chi connectivity index (χ2n) is 5.19. The van der Waals surface area contributed by atoms with Crippen LogP contribution in [0.3, 0.4) is 0 Å². The highest BCUT2D eigenvalue weighted by molar-refractivity contribution is 5.99. The molecule has 0 spiro atoms. The predicted molar refractivity (Wildman–Crippen MR) is 73.1 cm³/mol. The number of hydrogen-bond acceptors (Lipinski definition) is 2. The number of anilines is 1. The molecule has 1 N–H and O–H groups in total. The van der Waals surface area contributed by atoms with E-state index in [0.29, 0.717) is 13.0 Å². The molecule has 1 saturated heterocycles. The van der Waals surface area contributed by atoms with Crippen LogP contribution in [0.5, 0.6) is 0 Å². The van der Waals surface area contributed by atoms with Crippen molar-refractivity contribution in [3.63, 3.8) is 0 Å². The van der Waals surface area contributed by atoms with Crippen LogP contribution < -0.4 is 10.2 Å². The van der Waals surface area contributed by atoms with E-state index in [1.54, 1.807) is 4.90 Å². The summed E-state index contributed by atoms with van der Waals surface area (Å²) in [6.45, 7) is 0.601. The number of rotatable bonds is 1. The maximum absolute atomic E-state index is 12.2. The van der Waals surface area contributed by atoms with Crippen LogP contribution >= 0.6 is 0 Å². The summed E-state index contributed by atoms with van der Waals surface area (Å²) in [7, 11) is 0. The van der Waals surface area contributed by atoms with Crippen molar-refractivity contribution in [1.82, 2.24) is 5.32 Å². The Bertz CT molecular complexity index is 525. The highest BCUT2D eigenvalue weighted by Gasteiger charge is 2.24. The summed E-state index contributed by atoms with van der Waals surface area (Å²) in [6, 6.07) is 6.19. The van der Waals surface area contributed by atoms with Crippen LogP contribution in [-0.2, 0) is 22.4 Å². The van der Waals surface area contributed by atoms with Crippen molar-refractivity contribution in [2.24, 2.45) is 0 Å². The van der Waals surface area contributed by atoms with E-state index in [1.165, 1.54) is 24.0 Å². The number of carbonyl (C=O) groups is 2. The van der Waals surface area contributed by atoms with E-state index < -0.39 is 0 Å². The molecule has 0 saturated carbocycles. The average Bonchev–Trinajstić information content (AvgIpc) is 2.61. The lowest BCUT2D eigenvalue weighted by atomic mass is 9.90. The van der Waals surface area contributed by atoms with Crippen molar-refractivity contribution < 1.29 is 9.59 Å². The smallest absolute Gasteiger partial charge is 0.246 e. The van der Waals surface area contributed by atoms with Crippen molar-refractivity contribution >= 4 is 17.5 Å². The molecule has 3 rings (SSSR count). The highest BCUT2D eigenvalue weighted by Crippen LogP contribution is 2.30. The van der Waals surface area contributed by atoms with Crippen LogP contribution in [0.2, 0.25) is 0 Å². The van der Waals surface area contributed by atoms with Gasteiger partial charge >= 0.3 is 0 Å². The normalized spacial score (nSPS) is 19.7. The monoisotopic (exact) mass is 258 g/mol. The summed E-state index contributed by atoms with van der Waals surface area (Å²) >= 11 is 0. The second-order valence-corrected chi connectivity index (χ2v) is 5.19. The Morgan fingerprint density at radius 2 is 1.89 bits per heavy atom. The van der Waals surface area contributed by atoms with Gasteiger partial charge in [0, 0.05) is 18.7 Å². The van der Waals surface area contributed by atoms with Gasteiger partial charge in [-0.1, -0.05) is 12.1 Å². The van der Waals surface area contributed by atoms with Crippen LogP contribution in [-0.4, -0.2) is 24.9 Å². The molecule has 4 nitrogen and oxygen atoms in total. The zero-order valence-electron chi connectivity index (χ0n) is 10.9. The van der Waals surface area contributed by atoms with E-state index in [9.17, 15) is 9.59 Å². The van der Waals surface area contributed by atoms with Gasteiger partial charge in [0.25, 0.3) is 0 Å². The van der Waals surface area contributed by atoms with Gasteiger partial charge in [-0.15, -0.1) is 0 Å². The van der Waals surface area contributed by atoms with Crippen molar-refractivity contribution in [2.45, 2.75) is 32.1 Å². The average molecular weight is 258 g/mol. The Hall–Kier alpha value is -1.84. The molecule has 19 heavy (non-hydrogen) atoms. The largest absolute Gasteiger partial charge is 0.347 e. The number of nitrogens with zero attached hydrogens (tertiary/aromatic N) is 1. The molecule has 1 aliphatic heterocycles. The Morgan fingerprint density at radius 3 is 2.79 bits per heavy atom. The standard InChI is InChI=1S/C15H18N2O2/c18-14-8-9-17(15(19)10-16-14)13-7-3-5-11-4-1-2-6-12(11)13/h3,5,7H,1-2,4,6,8-10H2,(H,16,18). The van der Waals surface area contributed by atoms with E-state index in [0.717, 1.165) is 18.5 Å². The molecule has 4 heteroatoms. The van der Waals surface area contributed by atoms with Gasteiger partial charge in [0.05, 0.1) is 6.54 Å². The molecule has 2 aliphatic rings. The maximum atomic E-state index is 12.2. The molecule has 0 atom stereocenters. The fourth-order valence-corrected chi connectivity index (χ4v) is 2.96. The van der Waals surface area contributed by atoms with Gasteiger partial charge in [-0.3, -0.25) is 9.59 Å². The van der Waals surface area contributed by atoms with Gasteiger partial charge in [0.1, 0.15) is 0 Å². The first-order valence-corrected chi connectivity index (χ1v) is 6.93. The fourth-order valence-electron chi connectivity index (χ4n) is 2.96. The fraction of sp³-hybridized carbons (Fsp3) is 0.467. The van der Waals surface area contributed by atoms with Crippen LogP contribution in [0.1, 0.15) is 30.4 Å². The first-order chi connectivity index (χ1) is 9.25. The highest BCUT2D eigenvalue weighted by atomic mass is 16.2. The molecule has 0 bridgehead atoms. The van der Waals surface area contributed by atoms with Crippen LogP contribution in [0.25, 0.3) is 0 Å². The zero-order valence-corrected chi connectivity index (χ0v) is 10.9. The number of fused-ring (bicyclic) bond motifs is 1. The summed E-state index contributed by atoms with van der Waals surface area (Å²) in [5, 5.41) is 2.64. The third kappa shape index (κ3) is 2.35. The first kappa shape index (κ1) is 12.2. The molecule has 1 aliphatic carbocycles. The molecule has 2 amide bonds. The van der Waals surface area contributed by atoms with E-state index in [4.69, 9.17) is 0 Å². The van der Waals surface area contributed by atoms with Gasteiger partial charge in [-0.05, 0) is 42.9 Å². The number of aryl methyl sites for hydroxylation is 1. The topological polar surface area (TPSA) is 49.4 Å². The molecule has 100 valence electrons. The van der Waals surface area contributed by atoms with Crippen molar-refractivity contribution in [2.75, 3.05) is 18.0 Å². The third-order valence-electron chi connectivity index (χ3n) is 3.96. The molecule has 0 aromatic heterocycles. The zero-order chi connectivity index (χ0) is 13.2. The summed E-state index contributed by atoms with van der Waals surface area (Å²) in [4.78, 5) is 25.3. The predicted octanol–water partition coefficient (Wildman–Crippen LogP) is 1.42. The van der Waals surface area contributed by atoms with Gasteiger partial charge in [-0.25, -0.2) is 0 Å². The molecule has 1 aromatic carbocycles. The first-order valence-electron chi connectivity index (χ1n) is 6.93. The number of hydrogen-bond donors (Lipinski definition) is 1. The lowest BCUT2D eigenvalue weighted by molar-refractivity contribution is -0.123. The molecule has 0 unspecified atom stereocenters. The molecule has 1 aromatic rings. The van der Waals surface area contributed by atoms with E-state index >= 15 is 0 Å². The SMILES string of the molecule is O=C1CCN(c2cccc3c2CCCC3)C(=O)CN1. The van der Waals surface area contributed by atoms with Crippen LogP contribution in [0, 0.1) is 0 Å². The Kier molecular flexibility index (Phi) is 3.23. The van der Waals surface area contributed by atoms with Gasteiger partial charge in [0.15, 0.2) is 0 Å². The van der Waals surface area contributed by atoms with Crippen molar-refractivity contribution in [3.05, 3.63) is 29.3 Å². The van der Waals surface area contributed by atoms with Crippen molar-refractivity contribution in [3.8, 4) is 0 Å². The maximum Gasteiger partial charge on any atom is 0.246 e. The minimum Gasteiger partial charge on any atom is -0.347 e.